The van der Waals surface area contributed by atoms with Crippen molar-refractivity contribution in [2.24, 2.45) is 22.7 Å². The third kappa shape index (κ3) is 2.86. The van der Waals surface area contributed by atoms with Crippen LogP contribution in [0.5, 0.6) is 0 Å². The van der Waals surface area contributed by atoms with Crippen LogP contribution in [0.2, 0.25) is 0 Å². The number of aliphatic hydroxyl groups excluding tert-OH is 3. The predicted molar refractivity (Wildman–Crippen MR) is 93.6 cm³/mol. The zero-order valence-electron chi connectivity index (χ0n) is 15.2. The molecule has 0 aromatic rings. The highest BCUT2D eigenvalue weighted by Crippen LogP contribution is 2.61. The number of carbonyl (C=O) groups excluding carboxylic acids is 1. The van der Waals surface area contributed by atoms with Crippen LogP contribution in [-0.4, -0.2) is 46.7 Å². The lowest BCUT2D eigenvalue weighted by Gasteiger charge is -2.60. The van der Waals surface area contributed by atoms with Crippen LogP contribution in [-0.2, 0) is 9.53 Å². The molecular weight excluding hydrogens is 320 g/mol. The lowest BCUT2D eigenvalue weighted by atomic mass is 9.45. The number of carbonyl (C=O) groups is 1. The van der Waals surface area contributed by atoms with Crippen LogP contribution >= 0.6 is 0 Å². The van der Waals surface area contributed by atoms with Crippen molar-refractivity contribution in [3.63, 3.8) is 0 Å². The number of rotatable bonds is 4. The summed E-state index contributed by atoms with van der Waals surface area (Å²) >= 11 is 0. The minimum Gasteiger partial charge on any atom is -0.458 e. The molecule has 1 unspecified atom stereocenters. The molecule has 0 saturated heterocycles. The maximum absolute atomic E-state index is 11.7. The molecule has 0 aromatic heterocycles. The fourth-order valence-corrected chi connectivity index (χ4v) is 5.75. The van der Waals surface area contributed by atoms with Gasteiger partial charge in [0.05, 0.1) is 18.8 Å². The highest BCUT2D eigenvalue weighted by atomic mass is 16.5. The number of hydrogen-bond donors (Lipinski definition) is 3. The topological polar surface area (TPSA) is 87.0 Å². The molecule has 1 aliphatic heterocycles. The van der Waals surface area contributed by atoms with E-state index in [1.165, 1.54) is 0 Å². The fraction of sp³-hybridized carbons (Fsp3) is 0.750. The van der Waals surface area contributed by atoms with E-state index in [0.29, 0.717) is 12.0 Å². The van der Waals surface area contributed by atoms with E-state index in [9.17, 15) is 20.1 Å². The molecule has 2 saturated carbocycles. The number of ether oxygens (including phenoxy) is 1. The maximum Gasteiger partial charge on any atom is 0.334 e. The third-order valence-corrected chi connectivity index (χ3v) is 7.18. The van der Waals surface area contributed by atoms with Gasteiger partial charge < -0.3 is 20.1 Å². The molecule has 0 amide bonds. The molecule has 140 valence electrons. The molecule has 0 radical (unpaired) electrons. The second kappa shape index (κ2) is 6.53. The first-order chi connectivity index (χ1) is 11.7. The molecule has 25 heavy (non-hydrogen) atoms. The highest BCUT2D eigenvalue weighted by molar-refractivity contribution is 5.90. The molecule has 0 spiro atoms. The van der Waals surface area contributed by atoms with Crippen LogP contribution < -0.4 is 0 Å². The Morgan fingerprint density at radius 3 is 2.72 bits per heavy atom. The van der Waals surface area contributed by atoms with Crippen molar-refractivity contribution in [2.45, 2.75) is 58.2 Å². The molecule has 2 fully saturated rings. The van der Waals surface area contributed by atoms with Crippen molar-refractivity contribution in [1.82, 2.24) is 0 Å². The molecule has 0 bridgehead atoms. The maximum atomic E-state index is 11.7. The SMILES string of the molecule is C=C1CCC2[C@](C)(CO)[C@H](O)CC[C@@]2(C)[C@@H]1[C@H](O)CC1=CCOC1=O. The molecular formula is C20H30O5. The fourth-order valence-electron chi connectivity index (χ4n) is 5.75. The van der Waals surface area contributed by atoms with E-state index >= 15 is 0 Å². The van der Waals surface area contributed by atoms with Crippen LogP contribution in [0.1, 0.15) is 46.0 Å². The molecule has 3 aliphatic rings. The van der Waals surface area contributed by atoms with Gasteiger partial charge in [0.2, 0.25) is 0 Å². The van der Waals surface area contributed by atoms with E-state index in [4.69, 9.17) is 4.74 Å². The van der Waals surface area contributed by atoms with Gasteiger partial charge in [0, 0.05) is 23.3 Å². The van der Waals surface area contributed by atoms with Gasteiger partial charge in [0.25, 0.3) is 0 Å². The van der Waals surface area contributed by atoms with Crippen LogP contribution in [0.25, 0.3) is 0 Å². The Kier molecular flexibility index (Phi) is 4.86. The first-order valence-corrected chi connectivity index (χ1v) is 9.25. The Balaban J connectivity index is 1.89. The van der Waals surface area contributed by atoms with Gasteiger partial charge in [-0.2, -0.15) is 0 Å². The molecule has 3 N–H and O–H groups in total. The van der Waals surface area contributed by atoms with Crippen molar-refractivity contribution in [1.29, 1.82) is 0 Å². The van der Waals surface area contributed by atoms with Gasteiger partial charge in [-0.25, -0.2) is 4.79 Å². The van der Waals surface area contributed by atoms with Gasteiger partial charge >= 0.3 is 5.97 Å². The average molecular weight is 350 g/mol. The number of fused-ring (bicyclic) bond motifs is 1. The molecule has 5 nitrogen and oxygen atoms in total. The van der Waals surface area contributed by atoms with Gasteiger partial charge in [-0.15, -0.1) is 0 Å². The molecule has 6 atom stereocenters. The standard InChI is InChI=1S/C20H30O5/c1-12-4-5-15-19(2,8-6-16(23)20(15,3)11-21)17(12)14(22)10-13-7-9-25-18(13)24/h7,14-17,21-23H,1,4-6,8-11H2,2-3H3/t14-,15?,16-,17+,19-,20+/m1/s1. The Bertz CT molecular complexity index is 597. The summed E-state index contributed by atoms with van der Waals surface area (Å²) in [7, 11) is 0. The monoisotopic (exact) mass is 350 g/mol. The number of hydrogen-bond acceptors (Lipinski definition) is 5. The summed E-state index contributed by atoms with van der Waals surface area (Å²) in [5, 5.41) is 31.5. The van der Waals surface area contributed by atoms with Gasteiger partial charge in [-0.05, 0) is 43.1 Å². The zero-order chi connectivity index (χ0) is 18.4. The molecule has 3 rings (SSSR count). The lowest BCUT2D eigenvalue weighted by Crippen LogP contribution is -2.59. The average Bonchev–Trinajstić information content (AvgIpc) is 2.96. The highest BCUT2D eigenvalue weighted by Gasteiger charge is 2.59. The summed E-state index contributed by atoms with van der Waals surface area (Å²) in [5.41, 5.74) is 0.716. The van der Waals surface area contributed by atoms with Crippen molar-refractivity contribution < 1.29 is 24.9 Å². The van der Waals surface area contributed by atoms with Crippen LogP contribution in [0.15, 0.2) is 23.8 Å². The zero-order valence-corrected chi connectivity index (χ0v) is 15.2. The van der Waals surface area contributed by atoms with Crippen molar-refractivity contribution in [3.05, 3.63) is 23.8 Å². The van der Waals surface area contributed by atoms with Crippen molar-refractivity contribution in [3.8, 4) is 0 Å². The second-order valence-corrected chi connectivity index (χ2v) is 8.55. The Morgan fingerprint density at radius 1 is 1.40 bits per heavy atom. The molecule has 0 aromatic carbocycles. The van der Waals surface area contributed by atoms with Gasteiger partial charge in [0.15, 0.2) is 0 Å². The minimum atomic E-state index is -0.713. The van der Waals surface area contributed by atoms with E-state index < -0.39 is 17.6 Å². The first-order valence-electron chi connectivity index (χ1n) is 9.25. The summed E-state index contributed by atoms with van der Waals surface area (Å²) in [4.78, 5) is 11.7. The smallest absolute Gasteiger partial charge is 0.334 e. The van der Waals surface area contributed by atoms with Crippen LogP contribution in [0.4, 0.5) is 0 Å². The van der Waals surface area contributed by atoms with Gasteiger partial charge in [-0.1, -0.05) is 26.0 Å². The van der Waals surface area contributed by atoms with Crippen molar-refractivity contribution >= 4 is 5.97 Å². The van der Waals surface area contributed by atoms with Gasteiger partial charge in [-0.3, -0.25) is 0 Å². The molecule has 5 heteroatoms. The van der Waals surface area contributed by atoms with E-state index in [1.54, 1.807) is 6.08 Å². The normalized spacial score (nSPS) is 42.6. The van der Waals surface area contributed by atoms with E-state index in [-0.39, 0.29) is 42.9 Å². The lowest BCUT2D eigenvalue weighted by molar-refractivity contribution is -0.164. The third-order valence-electron chi connectivity index (χ3n) is 7.18. The quantitative estimate of drug-likeness (QED) is 0.533. The Hall–Kier alpha value is -1.17. The minimum absolute atomic E-state index is 0.0683. The van der Waals surface area contributed by atoms with Crippen LogP contribution in [0, 0.1) is 22.7 Å². The van der Waals surface area contributed by atoms with Crippen LogP contribution in [0.3, 0.4) is 0 Å². The molecule has 2 aliphatic carbocycles. The Morgan fingerprint density at radius 2 is 2.12 bits per heavy atom. The van der Waals surface area contributed by atoms with Crippen molar-refractivity contribution in [2.75, 3.05) is 13.2 Å². The largest absolute Gasteiger partial charge is 0.458 e. The van der Waals surface area contributed by atoms with E-state index in [2.05, 4.69) is 13.5 Å². The van der Waals surface area contributed by atoms with E-state index in [0.717, 1.165) is 24.8 Å². The summed E-state index contributed by atoms with van der Waals surface area (Å²) in [6, 6.07) is 0. The summed E-state index contributed by atoms with van der Waals surface area (Å²) < 4.78 is 4.95. The predicted octanol–water partition coefficient (Wildman–Crippen LogP) is 1.96. The first kappa shape index (κ1) is 18.6. The summed E-state index contributed by atoms with van der Waals surface area (Å²) in [6.45, 7) is 8.53. The summed E-state index contributed by atoms with van der Waals surface area (Å²) in [6.07, 6.45) is 3.76. The Labute approximate surface area is 149 Å². The van der Waals surface area contributed by atoms with E-state index in [1.807, 2.05) is 6.92 Å². The number of aliphatic hydroxyl groups is 3. The number of esters is 1. The van der Waals surface area contributed by atoms with Gasteiger partial charge in [0.1, 0.15) is 6.61 Å². The molecule has 1 heterocycles. The second-order valence-electron chi connectivity index (χ2n) is 8.55. The number of cyclic esters (lactones) is 1. The summed E-state index contributed by atoms with van der Waals surface area (Å²) in [5.74, 6) is -0.399.